The predicted octanol–water partition coefficient (Wildman–Crippen LogP) is 1.78. The number of carbonyl (C=O) groups excluding carboxylic acids is 1. The van der Waals surface area contributed by atoms with Crippen LogP contribution in [0.5, 0.6) is 0 Å². The molecule has 1 aromatic rings. The fourth-order valence-electron chi connectivity index (χ4n) is 1.40. The molecule has 106 valence electrons. The highest BCUT2D eigenvalue weighted by atomic mass is 19.4. The lowest BCUT2D eigenvalue weighted by molar-refractivity contribution is -0.138. The van der Waals surface area contributed by atoms with E-state index in [1.165, 1.54) is 0 Å². The van der Waals surface area contributed by atoms with Gasteiger partial charge in [0, 0.05) is 18.3 Å². The Balaban J connectivity index is 2.89. The summed E-state index contributed by atoms with van der Waals surface area (Å²) in [5, 5.41) is 2.58. The number of pyridine rings is 1. The third-order valence-electron chi connectivity index (χ3n) is 2.64. The molecule has 4 nitrogen and oxygen atoms in total. The van der Waals surface area contributed by atoms with Crippen LogP contribution in [0.25, 0.3) is 0 Å². The van der Waals surface area contributed by atoms with Crippen LogP contribution in [0.2, 0.25) is 0 Å². The SMILES string of the molecule is CC[C@@H](C)NC(=O)Cn1cc(C(F)(F)F)ccc1=O. The van der Waals surface area contributed by atoms with E-state index < -0.39 is 29.8 Å². The molecule has 1 amide bonds. The minimum atomic E-state index is -4.54. The molecule has 7 heteroatoms. The van der Waals surface area contributed by atoms with Crippen molar-refractivity contribution in [1.82, 2.24) is 9.88 Å². The van der Waals surface area contributed by atoms with Gasteiger partial charge in [-0.1, -0.05) is 6.92 Å². The molecule has 0 bridgehead atoms. The van der Waals surface area contributed by atoms with Gasteiger partial charge in [0.1, 0.15) is 6.54 Å². The number of hydrogen-bond donors (Lipinski definition) is 1. The maximum atomic E-state index is 12.5. The summed E-state index contributed by atoms with van der Waals surface area (Å²) in [5.74, 6) is -0.490. The minimum absolute atomic E-state index is 0.0889. The zero-order valence-electron chi connectivity index (χ0n) is 10.6. The molecule has 0 aliphatic heterocycles. The zero-order chi connectivity index (χ0) is 14.6. The lowest BCUT2D eigenvalue weighted by Gasteiger charge is -2.13. The Morgan fingerprint density at radius 3 is 2.58 bits per heavy atom. The molecule has 0 aliphatic rings. The van der Waals surface area contributed by atoms with Crippen LogP contribution in [-0.2, 0) is 17.5 Å². The Labute approximate surface area is 108 Å². The van der Waals surface area contributed by atoms with Crippen LogP contribution in [0, 0.1) is 0 Å². The van der Waals surface area contributed by atoms with Crippen LogP contribution in [0.3, 0.4) is 0 Å². The number of halogens is 3. The van der Waals surface area contributed by atoms with Crippen LogP contribution in [0.1, 0.15) is 25.8 Å². The summed E-state index contributed by atoms with van der Waals surface area (Å²) in [6.45, 7) is 3.21. The van der Waals surface area contributed by atoms with Crippen LogP contribution >= 0.6 is 0 Å². The average Bonchev–Trinajstić information content (AvgIpc) is 2.30. The third-order valence-corrected chi connectivity index (χ3v) is 2.64. The maximum Gasteiger partial charge on any atom is 0.417 e. The summed E-state index contributed by atoms with van der Waals surface area (Å²) < 4.78 is 38.2. The maximum absolute atomic E-state index is 12.5. The molecule has 0 spiro atoms. The summed E-state index contributed by atoms with van der Waals surface area (Å²) in [7, 11) is 0. The van der Waals surface area contributed by atoms with Crippen LogP contribution < -0.4 is 10.9 Å². The Morgan fingerprint density at radius 2 is 2.05 bits per heavy atom. The number of amides is 1. The van der Waals surface area contributed by atoms with E-state index in [4.69, 9.17) is 0 Å². The first-order valence-electron chi connectivity index (χ1n) is 5.81. The van der Waals surface area contributed by atoms with Gasteiger partial charge in [-0.25, -0.2) is 0 Å². The molecule has 1 rings (SSSR count). The summed E-state index contributed by atoms with van der Waals surface area (Å²) in [6.07, 6.45) is -3.19. The van der Waals surface area contributed by atoms with Gasteiger partial charge in [-0.2, -0.15) is 13.2 Å². The number of hydrogen-bond acceptors (Lipinski definition) is 2. The number of nitrogens with zero attached hydrogens (tertiary/aromatic N) is 1. The Hall–Kier alpha value is -1.79. The van der Waals surface area contributed by atoms with Crippen molar-refractivity contribution in [2.24, 2.45) is 0 Å². The second kappa shape index (κ2) is 5.90. The molecule has 0 radical (unpaired) electrons. The first-order chi connectivity index (χ1) is 8.74. The van der Waals surface area contributed by atoms with Crippen molar-refractivity contribution >= 4 is 5.91 Å². The molecule has 19 heavy (non-hydrogen) atoms. The summed E-state index contributed by atoms with van der Waals surface area (Å²) >= 11 is 0. The highest BCUT2D eigenvalue weighted by Gasteiger charge is 2.31. The second-order valence-corrected chi connectivity index (χ2v) is 4.26. The quantitative estimate of drug-likeness (QED) is 0.911. The molecule has 0 fully saturated rings. The Morgan fingerprint density at radius 1 is 1.42 bits per heavy atom. The van der Waals surface area contributed by atoms with Crippen LogP contribution in [-0.4, -0.2) is 16.5 Å². The molecule has 0 aliphatic carbocycles. The highest BCUT2D eigenvalue weighted by Crippen LogP contribution is 2.27. The van der Waals surface area contributed by atoms with Gasteiger partial charge < -0.3 is 9.88 Å². The number of alkyl halides is 3. The standard InChI is InChI=1S/C12H15F3N2O2/c1-3-8(2)16-10(18)7-17-6-9(12(13,14)15)4-5-11(17)19/h4-6,8H,3,7H2,1-2H3,(H,16,18)/t8-/m1/s1. The molecule has 0 saturated carbocycles. The van der Waals surface area contributed by atoms with E-state index in [2.05, 4.69) is 5.32 Å². The smallest absolute Gasteiger partial charge is 0.352 e. The first-order valence-corrected chi connectivity index (χ1v) is 5.81. The van der Waals surface area contributed by atoms with Crippen molar-refractivity contribution in [1.29, 1.82) is 0 Å². The summed E-state index contributed by atoms with van der Waals surface area (Å²) in [5.41, 5.74) is -1.60. The van der Waals surface area contributed by atoms with Gasteiger partial charge in [-0.3, -0.25) is 9.59 Å². The van der Waals surface area contributed by atoms with Gasteiger partial charge in [0.25, 0.3) is 5.56 Å². The molecule has 1 heterocycles. The van der Waals surface area contributed by atoms with Gasteiger partial charge in [-0.15, -0.1) is 0 Å². The first kappa shape index (κ1) is 15.3. The molecule has 0 aromatic carbocycles. The molecule has 1 aromatic heterocycles. The molecular weight excluding hydrogens is 261 g/mol. The normalized spacial score (nSPS) is 13.1. The van der Waals surface area contributed by atoms with Gasteiger partial charge in [0.2, 0.25) is 5.91 Å². The van der Waals surface area contributed by atoms with E-state index in [-0.39, 0.29) is 6.04 Å². The number of nitrogens with one attached hydrogen (secondary N) is 1. The summed E-state index contributed by atoms with van der Waals surface area (Å²) in [4.78, 5) is 22.9. The van der Waals surface area contributed by atoms with Gasteiger partial charge in [0.15, 0.2) is 0 Å². The average molecular weight is 276 g/mol. The number of rotatable bonds is 4. The van der Waals surface area contributed by atoms with E-state index >= 15 is 0 Å². The van der Waals surface area contributed by atoms with E-state index in [0.29, 0.717) is 18.7 Å². The lowest BCUT2D eigenvalue weighted by atomic mass is 10.2. The van der Waals surface area contributed by atoms with E-state index in [9.17, 15) is 22.8 Å². The fourth-order valence-corrected chi connectivity index (χ4v) is 1.40. The number of aromatic nitrogens is 1. The summed E-state index contributed by atoms with van der Waals surface area (Å²) in [6, 6.07) is 1.42. The third kappa shape index (κ3) is 4.42. The zero-order valence-corrected chi connectivity index (χ0v) is 10.6. The van der Waals surface area contributed by atoms with Crippen molar-refractivity contribution in [3.05, 3.63) is 34.2 Å². The predicted molar refractivity (Wildman–Crippen MR) is 63.6 cm³/mol. The van der Waals surface area contributed by atoms with Gasteiger partial charge in [-0.05, 0) is 19.4 Å². The van der Waals surface area contributed by atoms with E-state index in [1.807, 2.05) is 6.92 Å². The van der Waals surface area contributed by atoms with E-state index in [1.54, 1.807) is 6.92 Å². The van der Waals surface area contributed by atoms with Gasteiger partial charge >= 0.3 is 6.18 Å². The van der Waals surface area contributed by atoms with Crippen molar-refractivity contribution in [2.45, 2.75) is 39.0 Å². The van der Waals surface area contributed by atoms with Crippen LogP contribution in [0.15, 0.2) is 23.1 Å². The van der Waals surface area contributed by atoms with Crippen molar-refractivity contribution in [3.63, 3.8) is 0 Å². The van der Waals surface area contributed by atoms with Crippen molar-refractivity contribution < 1.29 is 18.0 Å². The highest BCUT2D eigenvalue weighted by molar-refractivity contribution is 5.76. The second-order valence-electron chi connectivity index (χ2n) is 4.26. The van der Waals surface area contributed by atoms with Crippen molar-refractivity contribution in [3.8, 4) is 0 Å². The topological polar surface area (TPSA) is 51.1 Å². The number of carbonyl (C=O) groups is 1. The van der Waals surface area contributed by atoms with Crippen LogP contribution in [0.4, 0.5) is 13.2 Å². The monoisotopic (exact) mass is 276 g/mol. The molecule has 1 atom stereocenters. The molecular formula is C12H15F3N2O2. The lowest BCUT2D eigenvalue weighted by Crippen LogP contribution is -2.37. The Bertz CT molecular complexity index is 508. The fraction of sp³-hybridized carbons (Fsp3) is 0.500. The van der Waals surface area contributed by atoms with Crippen molar-refractivity contribution in [2.75, 3.05) is 0 Å². The largest absolute Gasteiger partial charge is 0.417 e. The Kier molecular flexibility index (Phi) is 4.74. The van der Waals surface area contributed by atoms with E-state index in [0.717, 1.165) is 10.6 Å². The molecule has 0 saturated heterocycles. The van der Waals surface area contributed by atoms with Gasteiger partial charge in [0.05, 0.1) is 5.56 Å². The minimum Gasteiger partial charge on any atom is -0.352 e. The molecule has 0 unspecified atom stereocenters. The molecule has 1 N–H and O–H groups in total.